The van der Waals surface area contributed by atoms with Crippen LogP contribution in [0.25, 0.3) is 0 Å². The van der Waals surface area contributed by atoms with Gasteiger partial charge < -0.3 is 5.32 Å². The van der Waals surface area contributed by atoms with Gasteiger partial charge in [0.1, 0.15) is 4.88 Å². The Balaban J connectivity index is 2.22. The van der Waals surface area contributed by atoms with Crippen molar-refractivity contribution in [2.45, 2.75) is 6.92 Å². The van der Waals surface area contributed by atoms with Crippen molar-refractivity contribution in [3.63, 3.8) is 0 Å². The largest absolute Gasteiger partial charge is 0.320 e. The van der Waals surface area contributed by atoms with Crippen LogP contribution in [0.5, 0.6) is 0 Å². The highest BCUT2D eigenvalue weighted by molar-refractivity contribution is 14.1. The van der Waals surface area contributed by atoms with E-state index >= 15 is 0 Å². The van der Waals surface area contributed by atoms with Gasteiger partial charge in [-0.15, -0.1) is 5.10 Å². The van der Waals surface area contributed by atoms with Gasteiger partial charge in [0.25, 0.3) is 5.91 Å². The molecule has 0 spiro atoms. The minimum atomic E-state index is -0.197. The van der Waals surface area contributed by atoms with Crippen LogP contribution in [0, 0.1) is 10.5 Å². The maximum absolute atomic E-state index is 11.9. The molecule has 0 unspecified atom stereocenters. The van der Waals surface area contributed by atoms with Gasteiger partial charge in [0.15, 0.2) is 0 Å². The van der Waals surface area contributed by atoms with E-state index < -0.39 is 0 Å². The van der Waals surface area contributed by atoms with Crippen molar-refractivity contribution in [3.05, 3.63) is 37.4 Å². The van der Waals surface area contributed by atoms with Crippen molar-refractivity contribution in [3.8, 4) is 0 Å². The molecule has 2 rings (SSSR count). The Morgan fingerprint density at radius 1 is 1.53 bits per heavy atom. The first-order valence-corrected chi connectivity index (χ1v) is 6.86. The van der Waals surface area contributed by atoms with Crippen molar-refractivity contribution in [2.75, 3.05) is 5.32 Å². The van der Waals surface area contributed by atoms with Gasteiger partial charge in [-0.05, 0) is 59.2 Å². The van der Waals surface area contributed by atoms with E-state index in [-0.39, 0.29) is 5.91 Å². The third-order valence-electron chi connectivity index (χ3n) is 2.04. The van der Waals surface area contributed by atoms with E-state index in [1.54, 1.807) is 25.1 Å². The molecule has 1 N–H and O–H groups in total. The van der Waals surface area contributed by atoms with Crippen molar-refractivity contribution in [1.29, 1.82) is 0 Å². The lowest BCUT2D eigenvalue weighted by Gasteiger charge is -2.06. The molecule has 1 heterocycles. The van der Waals surface area contributed by atoms with E-state index in [1.165, 1.54) is 0 Å². The van der Waals surface area contributed by atoms with E-state index in [0.29, 0.717) is 15.6 Å². The Bertz CT molecular complexity index is 572. The van der Waals surface area contributed by atoms with Gasteiger partial charge in [-0.1, -0.05) is 16.1 Å². The second-order valence-electron chi connectivity index (χ2n) is 3.27. The number of benzene rings is 1. The molecule has 1 amide bonds. The molecule has 0 aliphatic carbocycles. The minimum absolute atomic E-state index is 0.197. The monoisotopic (exact) mass is 379 g/mol. The molecular formula is C10H7ClIN3OS. The highest BCUT2D eigenvalue weighted by Gasteiger charge is 2.14. The highest BCUT2D eigenvalue weighted by atomic mass is 127. The van der Waals surface area contributed by atoms with Crippen molar-refractivity contribution in [2.24, 2.45) is 0 Å². The van der Waals surface area contributed by atoms with Crippen LogP contribution >= 0.6 is 45.7 Å². The van der Waals surface area contributed by atoms with Crippen LogP contribution in [0.2, 0.25) is 5.02 Å². The zero-order valence-electron chi connectivity index (χ0n) is 8.70. The number of rotatable bonds is 2. The number of amides is 1. The number of hydrogen-bond acceptors (Lipinski definition) is 4. The number of nitrogens with zero attached hydrogens (tertiary/aromatic N) is 2. The van der Waals surface area contributed by atoms with Crippen LogP contribution in [0.1, 0.15) is 15.4 Å². The van der Waals surface area contributed by atoms with Crippen molar-refractivity contribution in [1.82, 2.24) is 9.59 Å². The van der Waals surface area contributed by atoms with Gasteiger partial charge in [0, 0.05) is 8.59 Å². The van der Waals surface area contributed by atoms with Crippen LogP contribution in [-0.2, 0) is 0 Å². The Hall–Kier alpha value is -0.730. The SMILES string of the molecule is Cc1nnsc1C(=O)Nc1ccc(Cl)cc1I. The highest BCUT2D eigenvalue weighted by Crippen LogP contribution is 2.23. The number of halogens is 2. The lowest BCUT2D eigenvalue weighted by atomic mass is 10.3. The quantitative estimate of drug-likeness (QED) is 0.814. The average Bonchev–Trinajstić information content (AvgIpc) is 2.68. The Morgan fingerprint density at radius 3 is 2.88 bits per heavy atom. The normalized spacial score (nSPS) is 10.3. The van der Waals surface area contributed by atoms with Crippen molar-refractivity contribution >= 4 is 57.3 Å². The van der Waals surface area contributed by atoms with E-state index in [0.717, 1.165) is 20.8 Å². The fourth-order valence-corrected chi connectivity index (χ4v) is 2.77. The number of carbonyl (C=O) groups excluding carboxylic acids is 1. The van der Waals surface area contributed by atoms with E-state index in [9.17, 15) is 4.79 Å². The summed E-state index contributed by atoms with van der Waals surface area (Å²) >= 11 is 9.05. The molecule has 4 nitrogen and oxygen atoms in total. The first-order valence-electron chi connectivity index (χ1n) is 4.63. The molecule has 0 aliphatic rings. The molecule has 2 aromatic rings. The number of anilines is 1. The molecule has 0 atom stereocenters. The maximum Gasteiger partial charge on any atom is 0.269 e. The zero-order valence-corrected chi connectivity index (χ0v) is 12.4. The van der Waals surface area contributed by atoms with E-state index in [1.807, 2.05) is 0 Å². The zero-order chi connectivity index (χ0) is 12.4. The second kappa shape index (κ2) is 5.28. The third-order valence-corrected chi connectivity index (χ3v) is 3.99. The molecule has 1 aromatic carbocycles. The third kappa shape index (κ3) is 2.93. The molecule has 0 bridgehead atoms. The molecule has 0 fully saturated rings. The number of hydrogen-bond donors (Lipinski definition) is 1. The summed E-state index contributed by atoms with van der Waals surface area (Å²) in [7, 11) is 0. The summed E-state index contributed by atoms with van der Waals surface area (Å²) in [5.74, 6) is -0.197. The predicted octanol–water partition coefficient (Wildman–Crippen LogP) is 3.36. The number of carbonyl (C=O) groups is 1. The summed E-state index contributed by atoms with van der Waals surface area (Å²) < 4.78 is 4.62. The molecule has 0 saturated heterocycles. The summed E-state index contributed by atoms with van der Waals surface area (Å²) in [5.41, 5.74) is 1.37. The Morgan fingerprint density at radius 2 is 2.29 bits per heavy atom. The van der Waals surface area contributed by atoms with Gasteiger partial charge in [-0.3, -0.25) is 4.79 Å². The fraction of sp³-hybridized carbons (Fsp3) is 0.100. The lowest BCUT2D eigenvalue weighted by molar-refractivity contribution is 0.102. The van der Waals surface area contributed by atoms with Gasteiger partial charge in [-0.25, -0.2) is 0 Å². The number of nitrogens with one attached hydrogen (secondary N) is 1. The molecule has 1 aromatic heterocycles. The first-order chi connectivity index (χ1) is 8.08. The number of aryl methyl sites for hydroxylation is 1. The van der Waals surface area contributed by atoms with Gasteiger partial charge in [-0.2, -0.15) is 0 Å². The van der Waals surface area contributed by atoms with Crippen LogP contribution in [0.3, 0.4) is 0 Å². The molecule has 0 aliphatic heterocycles. The fourth-order valence-electron chi connectivity index (χ4n) is 1.21. The van der Waals surface area contributed by atoms with Gasteiger partial charge in [0.05, 0.1) is 11.4 Å². The van der Waals surface area contributed by atoms with Crippen LogP contribution < -0.4 is 5.32 Å². The van der Waals surface area contributed by atoms with Crippen LogP contribution in [0.4, 0.5) is 5.69 Å². The van der Waals surface area contributed by atoms with E-state index in [4.69, 9.17) is 11.6 Å². The molecule has 0 saturated carbocycles. The topological polar surface area (TPSA) is 54.9 Å². The molecule has 88 valence electrons. The first kappa shape index (κ1) is 12.7. The molecule has 0 radical (unpaired) electrons. The predicted molar refractivity (Wildman–Crippen MR) is 76.8 cm³/mol. The summed E-state index contributed by atoms with van der Waals surface area (Å²) in [6.45, 7) is 1.76. The van der Waals surface area contributed by atoms with Gasteiger partial charge >= 0.3 is 0 Å². The molecule has 17 heavy (non-hydrogen) atoms. The molecular weight excluding hydrogens is 373 g/mol. The van der Waals surface area contributed by atoms with E-state index in [2.05, 4.69) is 37.5 Å². The number of aromatic nitrogens is 2. The van der Waals surface area contributed by atoms with Crippen LogP contribution in [-0.4, -0.2) is 15.5 Å². The molecule has 7 heteroatoms. The summed E-state index contributed by atoms with van der Waals surface area (Å²) in [6.07, 6.45) is 0. The lowest BCUT2D eigenvalue weighted by Crippen LogP contribution is -2.12. The maximum atomic E-state index is 11.9. The second-order valence-corrected chi connectivity index (χ2v) is 5.62. The van der Waals surface area contributed by atoms with Crippen molar-refractivity contribution < 1.29 is 4.79 Å². The summed E-state index contributed by atoms with van der Waals surface area (Å²) in [6, 6.07) is 5.29. The standard InChI is InChI=1S/C10H7ClIN3OS/c1-5-9(17-15-14-5)10(16)13-8-3-2-6(11)4-7(8)12/h2-4H,1H3,(H,13,16). The smallest absolute Gasteiger partial charge is 0.269 e. The van der Waals surface area contributed by atoms with Gasteiger partial charge in [0.2, 0.25) is 0 Å². The van der Waals surface area contributed by atoms with Crippen LogP contribution in [0.15, 0.2) is 18.2 Å². The summed E-state index contributed by atoms with van der Waals surface area (Å²) in [5, 5.41) is 7.25. The Kier molecular flexibility index (Phi) is 3.95. The minimum Gasteiger partial charge on any atom is -0.320 e. The Labute approximate surface area is 121 Å². The average molecular weight is 380 g/mol. The summed E-state index contributed by atoms with van der Waals surface area (Å²) in [4.78, 5) is 12.4.